The molecular weight excluding hydrogens is 196 g/mol. The lowest BCUT2D eigenvalue weighted by Crippen LogP contribution is -2.49. The van der Waals surface area contributed by atoms with Gasteiger partial charge in [-0.2, -0.15) is 0 Å². The van der Waals surface area contributed by atoms with Crippen molar-refractivity contribution in [3.63, 3.8) is 0 Å². The summed E-state index contributed by atoms with van der Waals surface area (Å²) in [5, 5.41) is 3.49. The first kappa shape index (κ1) is 11.5. The Balaban J connectivity index is 2.17. The molecule has 16 heavy (non-hydrogen) atoms. The van der Waals surface area contributed by atoms with Gasteiger partial charge in [-0.25, -0.2) is 0 Å². The number of benzene rings is 1. The fraction of sp³-hybridized carbons (Fsp3) is 0.571. The van der Waals surface area contributed by atoms with Crippen molar-refractivity contribution < 1.29 is 0 Å². The molecule has 1 aromatic rings. The van der Waals surface area contributed by atoms with Crippen LogP contribution in [0, 0.1) is 0 Å². The van der Waals surface area contributed by atoms with E-state index < -0.39 is 0 Å². The maximum Gasteiger partial charge on any atom is 0.0399 e. The third-order valence-electron chi connectivity index (χ3n) is 3.22. The van der Waals surface area contributed by atoms with Gasteiger partial charge in [-0.3, -0.25) is 0 Å². The van der Waals surface area contributed by atoms with Gasteiger partial charge in [-0.1, -0.05) is 31.5 Å². The molecular formula is C14H22N2. The van der Waals surface area contributed by atoms with Crippen LogP contribution in [0.2, 0.25) is 0 Å². The minimum Gasteiger partial charge on any atom is -0.368 e. The fourth-order valence-electron chi connectivity index (χ4n) is 2.45. The molecule has 0 aromatic heterocycles. The standard InChI is InChI=1S/C14H22N2/c1-3-6-13-7-4-5-8-14(13)16-10-9-15-12(2)11-16/h4-5,7-8,12,15H,3,6,9-11H2,1-2H3. The zero-order valence-electron chi connectivity index (χ0n) is 10.4. The van der Waals surface area contributed by atoms with Gasteiger partial charge in [0.25, 0.3) is 0 Å². The van der Waals surface area contributed by atoms with Crippen molar-refractivity contribution in [2.45, 2.75) is 32.7 Å². The average Bonchev–Trinajstić information content (AvgIpc) is 2.30. The molecule has 1 heterocycles. The number of para-hydroxylation sites is 1. The number of nitrogens with one attached hydrogen (secondary N) is 1. The second-order valence-corrected chi connectivity index (χ2v) is 4.68. The summed E-state index contributed by atoms with van der Waals surface area (Å²) in [7, 11) is 0. The number of nitrogens with zero attached hydrogens (tertiary/aromatic N) is 1. The Bertz CT molecular complexity index is 335. The van der Waals surface area contributed by atoms with E-state index in [1.807, 2.05) is 0 Å². The molecule has 2 nitrogen and oxygen atoms in total. The number of hydrogen-bond acceptors (Lipinski definition) is 2. The van der Waals surface area contributed by atoms with Crippen molar-refractivity contribution in [2.75, 3.05) is 24.5 Å². The van der Waals surface area contributed by atoms with E-state index in [9.17, 15) is 0 Å². The Morgan fingerprint density at radius 2 is 2.19 bits per heavy atom. The van der Waals surface area contributed by atoms with Crippen LogP contribution >= 0.6 is 0 Å². The summed E-state index contributed by atoms with van der Waals surface area (Å²) >= 11 is 0. The Kier molecular flexibility index (Phi) is 3.83. The normalized spacial score (nSPS) is 21.1. The van der Waals surface area contributed by atoms with E-state index >= 15 is 0 Å². The fourth-order valence-corrected chi connectivity index (χ4v) is 2.45. The van der Waals surface area contributed by atoms with Crippen molar-refractivity contribution >= 4 is 5.69 Å². The van der Waals surface area contributed by atoms with Crippen LogP contribution in [0.15, 0.2) is 24.3 Å². The smallest absolute Gasteiger partial charge is 0.0399 e. The number of hydrogen-bond donors (Lipinski definition) is 1. The maximum absolute atomic E-state index is 3.49. The van der Waals surface area contributed by atoms with Crippen LogP contribution in [0.3, 0.4) is 0 Å². The molecule has 0 bridgehead atoms. The van der Waals surface area contributed by atoms with Gasteiger partial charge < -0.3 is 10.2 Å². The van der Waals surface area contributed by atoms with E-state index in [0.717, 1.165) is 19.6 Å². The van der Waals surface area contributed by atoms with Crippen molar-refractivity contribution in [3.8, 4) is 0 Å². The summed E-state index contributed by atoms with van der Waals surface area (Å²) < 4.78 is 0. The van der Waals surface area contributed by atoms with Gasteiger partial charge in [-0.15, -0.1) is 0 Å². The van der Waals surface area contributed by atoms with Crippen LogP contribution in [0.1, 0.15) is 25.8 Å². The Morgan fingerprint density at radius 1 is 1.38 bits per heavy atom. The largest absolute Gasteiger partial charge is 0.368 e. The first-order valence-electron chi connectivity index (χ1n) is 6.37. The molecule has 0 spiro atoms. The minimum absolute atomic E-state index is 0.600. The van der Waals surface area contributed by atoms with Gasteiger partial charge in [0.2, 0.25) is 0 Å². The predicted molar refractivity (Wildman–Crippen MR) is 70.1 cm³/mol. The molecule has 1 aliphatic rings. The zero-order chi connectivity index (χ0) is 11.4. The monoisotopic (exact) mass is 218 g/mol. The number of rotatable bonds is 3. The Hall–Kier alpha value is -1.02. The van der Waals surface area contributed by atoms with Crippen LogP contribution < -0.4 is 10.2 Å². The van der Waals surface area contributed by atoms with E-state index in [1.54, 1.807) is 0 Å². The summed E-state index contributed by atoms with van der Waals surface area (Å²) in [6.45, 7) is 7.86. The van der Waals surface area contributed by atoms with Gasteiger partial charge >= 0.3 is 0 Å². The second kappa shape index (κ2) is 5.35. The summed E-state index contributed by atoms with van der Waals surface area (Å²) in [6, 6.07) is 9.44. The van der Waals surface area contributed by atoms with Gasteiger partial charge in [0, 0.05) is 31.4 Å². The van der Waals surface area contributed by atoms with Crippen LogP contribution in [0.5, 0.6) is 0 Å². The Labute approximate surface area is 98.7 Å². The van der Waals surface area contributed by atoms with Crippen LogP contribution in [0.25, 0.3) is 0 Å². The molecule has 0 saturated carbocycles. The molecule has 1 aliphatic heterocycles. The van der Waals surface area contributed by atoms with Gasteiger partial charge in [0.1, 0.15) is 0 Å². The predicted octanol–water partition coefficient (Wildman–Crippen LogP) is 2.44. The molecule has 1 aromatic carbocycles. The van der Waals surface area contributed by atoms with E-state index in [1.165, 1.54) is 24.1 Å². The van der Waals surface area contributed by atoms with Crippen molar-refractivity contribution in [2.24, 2.45) is 0 Å². The highest BCUT2D eigenvalue weighted by Gasteiger charge is 2.17. The summed E-state index contributed by atoms with van der Waals surface area (Å²) in [4.78, 5) is 2.52. The highest BCUT2D eigenvalue weighted by molar-refractivity contribution is 5.54. The lowest BCUT2D eigenvalue weighted by molar-refractivity contribution is 0.484. The highest BCUT2D eigenvalue weighted by Crippen LogP contribution is 2.22. The van der Waals surface area contributed by atoms with E-state index in [2.05, 4.69) is 48.3 Å². The minimum atomic E-state index is 0.600. The second-order valence-electron chi connectivity index (χ2n) is 4.68. The van der Waals surface area contributed by atoms with E-state index in [-0.39, 0.29) is 0 Å². The molecule has 88 valence electrons. The Morgan fingerprint density at radius 3 is 2.94 bits per heavy atom. The zero-order valence-corrected chi connectivity index (χ0v) is 10.4. The molecule has 1 atom stereocenters. The first-order valence-corrected chi connectivity index (χ1v) is 6.37. The lowest BCUT2D eigenvalue weighted by Gasteiger charge is -2.35. The highest BCUT2D eigenvalue weighted by atomic mass is 15.2. The van der Waals surface area contributed by atoms with Gasteiger partial charge in [0.05, 0.1) is 0 Å². The van der Waals surface area contributed by atoms with Crippen LogP contribution in [-0.4, -0.2) is 25.7 Å². The summed E-state index contributed by atoms with van der Waals surface area (Å²) in [5.41, 5.74) is 2.94. The van der Waals surface area contributed by atoms with E-state index in [4.69, 9.17) is 0 Å². The van der Waals surface area contributed by atoms with Crippen molar-refractivity contribution in [1.82, 2.24) is 5.32 Å². The molecule has 2 rings (SSSR count). The topological polar surface area (TPSA) is 15.3 Å². The molecule has 2 heteroatoms. The number of anilines is 1. The number of piperazine rings is 1. The van der Waals surface area contributed by atoms with Gasteiger partial charge in [0.15, 0.2) is 0 Å². The summed E-state index contributed by atoms with van der Waals surface area (Å²) in [6.07, 6.45) is 2.41. The first-order chi connectivity index (χ1) is 7.81. The SMILES string of the molecule is CCCc1ccccc1N1CCNC(C)C1. The lowest BCUT2D eigenvalue weighted by atomic mass is 10.1. The molecule has 0 radical (unpaired) electrons. The van der Waals surface area contributed by atoms with Crippen molar-refractivity contribution in [1.29, 1.82) is 0 Å². The van der Waals surface area contributed by atoms with Gasteiger partial charge in [-0.05, 0) is 25.0 Å². The molecule has 1 fully saturated rings. The van der Waals surface area contributed by atoms with Crippen molar-refractivity contribution in [3.05, 3.63) is 29.8 Å². The molecule has 0 amide bonds. The quantitative estimate of drug-likeness (QED) is 0.838. The van der Waals surface area contributed by atoms with Crippen LogP contribution in [-0.2, 0) is 6.42 Å². The molecule has 1 N–H and O–H groups in total. The van der Waals surface area contributed by atoms with E-state index in [0.29, 0.717) is 6.04 Å². The molecule has 1 unspecified atom stereocenters. The molecule has 0 aliphatic carbocycles. The number of aryl methyl sites for hydroxylation is 1. The summed E-state index contributed by atoms with van der Waals surface area (Å²) in [5.74, 6) is 0. The molecule has 1 saturated heterocycles. The maximum atomic E-state index is 3.49. The average molecular weight is 218 g/mol. The third-order valence-corrected chi connectivity index (χ3v) is 3.22. The third kappa shape index (κ3) is 2.56. The van der Waals surface area contributed by atoms with Crippen LogP contribution in [0.4, 0.5) is 5.69 Å².